The van der Waals surface area contributed by atoms with Crippen molar-refractivity contribution in [1.82, 2.24) is 0 Å². The number of allylic oxidation sites excluding steroid dienone is 2. The van der Waals surface area contributed by atoms with Gasteiger partial charge in [-0.05, 0) is 32.6 Å². The van der Waals surface area contributed by atoms with Crippen LogP contribution in [0.4, 0.5) is 0 Å². The van der Waals surface area contributed by atoms with Gasteiger partial charge in [0.2, 0.25) is 0 Å². The monoisotopic (exact) mass is 152 g/mol. The lowest BCUT2D eigenvalue weighted by Gasteiger charge is -2.09. The maximum Gasteiger partial charge on any atom is 0.127 e. The van der Waals surface area contributed by atoms with Gasteiger partial charge in [0.05, 0.1) is 0 Å². The molecule has 1 aliphatic carbocycles. The normalized spacial score (nSPS) is 30.6. The highest BCUT2D eigenvalue weighted by molar-refractivity contribution is 5.61. The van der Waals surface area contributed by atoms with Gasteiger partial charge in [0.25, 0.3) is 0 Å². The quantitative estimate of drug-likeness (QED) is 0.417. The van der Waals surface area contributed by atoms with Crippen LogP contribution >= 0.6 is 0 Å². The van der Waals surface area contributed by atoms with Crippen molar-refractivity contribution in [3.63, 3.8) is 0 Å². The molecule has 0 aliphatic heterocycles. The molecule has 1 fully saturated rings. The average molecular weight is 152 g/mol. The van der Waals surface area contributed by atoms with Crippen LogP contribution in [0.25, 0.3) is 0 Å². The lowest BCUT2D eigenvalue weighted by Crippen LogP contribution is -2.07. The summed E-state index contributed by atoms with van der Waals surface area (Å²) in [4.78, 5) is 10.7. The highest BCUT2D eigenvalue weighted by Crippen LogP contribution is 2.36. The predicted molar refractivity (Wildman–Crippen MR) is 46.3 cm³/mol. The molecule has 0 aromatic heterocycles. The molecule has 62 valence electrons. The smallest absolute Gasteiger partial charge is 0.127 e. The molecule has 0 bridgehead atoms. The average Bonchev–Trinajstić information content (AvgIpc) is 2.30. The second kappa shape index (κ2) is 3.21. The summed E-state index contributed by atoms with van der Waals surface area (Å²) < 4.78 is 0. The fourth-order valence-electron chi connectivity index (χ4n) is 1.87. The van der Waals surface area contributed by atoms with E-state index in [1.807, 2.05) is 0 Å². The molecule has 11 heavy (non-hydrogen) atoms. The largest absolute Gasteiger partial charge is 0.303 e. The highest BCUT2D eigenvalue weighted by atomic mass is 16.1. The summed E-state index contributed by atoms with van der Waals surface area (Å²) in [5.74, 6) is 0.789. The number of aldehydes is 1. The maximum absolute atomic E-state index is 10.7. The van der Waals surface area contributed by atoms with Crippen LogP contribution < -0.4 is 0 Å². The summed E-state index contributed by atoms with van der Waals surface area (Å²) in [6.45, 7) is 6.36. The Morgan fingerprint density at radius 1 is 1.55 bits per heavy atom. The van der Waals surface area contributed by atoms with E-state index in [9.17, 15) is 4.79 Å². The summed E-state index contributed by atoms with van der Waals surface area (Å²) >= 11 is 0. The highest BCUT2D eigenvalue weighted by Gasteiger charge is 2.27. The lowest BCUT2D eigenvalue weighted by molar-refractivity contribution is -0.110. The van der Waals surface area contributed by atoms with Crippen molar-refractivity contribution in [2.45, 2.75) is 33.6 Å². The molecule has 0 N–H and O–H groups in total. The van der Waals surface area contributed by atoms with E-state index in [1.165, 1.54) is 17.6 Å². The van der Waals surface area contributed by atoms with E-state index >= 15 is 0 Å². The number of carbonyl (C=O) groups excluding carboxylic acids is 1. The molecule has 0 aromatic carbocycles. The molecule has 0 radical (unpaired) electrons. The van der Waals surface area contributed by atoms with Crippen LogP contribution in [-0.4, -0.2) is 6.29 Å². The fraction of sp³-hybridized carbons (Fsp3) is 0.700. The zero-order valence-corrected chi connectivity index (χ0v) is 7.55. The Morgan fingerprint density at radius 3 is 2.55 bits per heavy atom. The maximum atomic E-state index is 10.7. The lowest BCUT2D eigenvalue weighted by atomic mass is 9.94. The molecule has 1 saturated carbocycles. The van der Waals surface area contributed by atoms with Gasteiger partial charge in [0.15, 0.2) is 0 Å². The SMILES string of the molecule is CC(C)=C1CC[C@@H](C)[C@H]1C=O. The third-order valence-electron chi connectivity index (χ3n) is 2.67. The van der Waals surface area contributed by atoms with Gasteiger partial charge in [0, 0.05) is 5.92 Å². The second-order valence-corrected chi connectivity index (χ2v) is 3.70. The third-order valence-corrected chi connectivity index (χ3v) is 2.67. The molecule has 1 heteroatoms. The van der Waals surface area contributed by atoms with Gasteiger partial charge < -0.3 is 4.79 Å². The molecule has 0 saturated heterocycles. The Hall–Kier alpha value is -0.590. The Labute approximate surface area is 68.5 Å². The van der Waals surface area contributed by atoms with Crippen molar-refractivity contribution in [2.24, 2.45) is 11.8 Å². The summed E-state index contributed by atoms with van der Waals surface area (Å²) in [5, 5.41) is 0. The zero-order valence-electron chi connectivity index (χ0n) is 7.55. The minimum absolute atomic E-state index is 0.222. The van der Waals surface area contributed by atoms with Crippen molar-refractivity contribution < 1.29 is 4.79 Å². The molecule has 0 heterocycles. The van der Waals surface area contributed by atoms with Gasteiger partial charge in [-0.25, -0.2) is 0 Å². The molecule has 0 spiro atoms. The van der Waals surface area contributed by atoms with E-state index in [4.69, 9.17) is 0 Å². The van der Waals surface area contributed by atoms with Crippen LogP contribution in [0.1, 0.15) is 33.6 Å². The van der Waals surface area contributed by atoms with Crippen LogP contribution in [0.3, 0.4) is 0 Å². The Bertz CT molecular complexity index is 187. The minimum atomic E-state index is 0.222. The third kappa shape index (κ3) is 1.52. The second-order valence-electron chi connectivity index (χ2n) is 3.70. The summed E-state index contributed by atoms with van der Waals surface area (Å²) in [7, 11) is 0. The number of hydrogen-bond donors (Lipinski definition) is 0. The van der Waals surface area contributed by atoms with Crippen LogP contribution in [-0.2, 0) is 4.79 Å². The van der Waals surface area contributed by atoms with Crippen molar-refractivity contribution in [2.75, 3.05) is 0 Å². The van der Waals surface area contributed by atoms with E-state index in [0.717, 1.165) is 12.7 Å². The number of carbonyl (C=O) groups is 1. The molecule has 1 nitrogen and oxygen atoms in total. The van der Waals surface area contributed by atoms with E-state index in [0.29, 0.717) is 5.92 Å². The molecular weight excluding hydrogens is 136 g/mol. The van der Waals surface area contributed by atoms with Crippen molar-refractivity contribution in [3.8, 4) is 0 Å². The minimum Gasteiger partial charge on any atom is -0.303 e. The summed E-state index contributed by atoms with van der Waals surface area (Å²) in [6, 6.07) is 0. The van der Waals surface area contributed by atoms with Crippen molar-refractivity contribution >= 4 is 6.29 Å². The van der Waals surface area contributed by atoms with Gasteiger partial charge in [-0.3, -0.25) is 0 Å². The first-order chi connectivity index (χ1) is 5.16. The van der Waals surface area contributed by atoms with E-state index in [2.05, 4.69) is 20.8 Å². The van der Waals surface area contributed by atoms with Gasteiger partial charge in [-0.2, -0.15) is 0 Å². The summed E-state index contributed by atoms with van der Waals surface area (Å²) in [5.41, 5.74) is 2.72. The molecular formula is C10H16O. The van der Waals surface area contributed by atoms with E-state index < -0.39 is 0 Å². The van der Waals surface area contributed by atoms with Crippen molar-refractivity contribution in [3.05, 3.63) is 11.1 Å². The van der Waals surface area contributed by atoms with E-state index in [-0.39, 0.29) is 5.92 Å². The molecule has 1 rings (SSSR count). The van der Waals surface area contributed by atoms with Gasteiger partial charge in [-0.1, -0.05) is 18.1 Å². The topological polar surface area (TPSA) is 17.1 Å². The molecule has 2 atom stereocenters. The Morgan fingerprint density at radius 2 is 2.18 bits per heavy atom. The first-order valence-corrected chi connectivity index (χ1v) is 4.28. The van der Waals surface area contributed by atoms with Crippen molar-refractivity contribution in [1.29, 1.82) is 0 Å². The Balaban J connectivity index is 2.85. The molecule has 0 aromatic rings. The van der Waals surface area contributed by atoms with Crippen LogP contribution in [0, 0.1) is 11.8 Å². The summed E-state index contributed by atoms with van der Waals surface area (Å²) in [6.07, 6.45) is 3.43. The zero-order chi connectivity index (χ0) is 8.43. The van der Waals surface area contributed by atoms with Crippen LogP contribution in [0.15, 0.2) is 11.1 Å². The molecule has 1 aliphatic rings. The Kier molecular flexibility index (Phi) is 2.48. The van der Waals surface area contributed by atoms with Gasteiger partial charge in [-0.15, -0.1) is 0 Å². The number of hydrogen-bond acceptors (Lipinski definition) is 1. The van der Waals surface area contributed by atoms with Gasteiger partial charge >= 0.3 is 0 Å². The first kappa shape index (κ1) is 8.51. The van der Waals surface area contributed by atoms with E-state index in [1.54, 1.807) is 0 Å². The molecule has 0 amide bonds. The molecule has 0 unspecified atom stereocenters. The van der Waals surface area contributed by atoms with Gasteiger partial charge in [0.1, 0.15) is 6.29 Å². The predicted octanol–water partition coefficient (Wildman–Crippen LogP) is 2.57. The van der Waals surface area contributed by atoms with Crippen LogP contribution in [0.2, 0.25) is 0 Å². The van der Waals surface area contributed by atoms with Crippen LogP contribution in [0.5, 0.6) is 0 Å². The first-order valence-electron chi connectivity index (χ1n) is 4.28. The number of rotatable bonds is 1. The standard InChI is InChI=1S/C10H16O/c1-7(2)9-5-4-8(3)10(9)6-11/h6,8,10H,4-5H2,1-3H3/t8-,10-/m1/s1. The fourth-order valence-corrected chi connectivity index (χ4v) is 1.87.